The van der Waals surface area contributed by atoms with Gasteiger partial charge in [-0.25, -0.2) is 0 Å². The molecule has 3 heteroatoms. The van der Waals surface area contributed by atoms with Crippen LogP contribution < -0.4 is 0 Å². The molecule has 0 bridgehead atoms. The number of nitrogens with zero attached hydrogens (tertiary/aromatic N) is 1. The summed E-state index contributed by atoms with van der Waals surface area (Å²) in [4.78, 5) is 15.1. The Morgan fingerprint density at radius 1 is 1.04 bits per heavy atom. The summed E-state index contributed by atoms with van der Waals surface area (Å²) in [6.45, 7) is 4.79. The largest absolute Gasteiger partial charge is 0.466 e. The van der Waals surface area contributed by atoms with Gasteiger partial charge in [-0.1, -0.05) is 60.4 Å². The van der Waals surface area contributed by atoms with Gasteiger partial charge in [0.1, 0.15) is 0 Å². The highest BCUT2D eigenvalue weighted by molar-refractivity contribution is 5.77. The molecule has 27 heavy (non-hydrogen) atoms. The predicted molar refractivity (Wildman–Crippen MR) is 108 cm³/mol. The van der Waals surface area contributed by atoms with Crippen molar-refractivity contribution in [3.05, 3.63) is 71.8 Å². The zero-order valence-electron chi connectivity index (χ0n) is 16.0. The molecule has 140 valence electrons. The van der Waals surface area contributed by atoms with Crippen LogP contribution in [0.5, 0.6) is 0 Å². The Morgan fingerprint density at radius 3 is 2.30 bits per heavy atom. The van der Waals surface area contributed by atoms with Gasteiger partial charge in [0.05, 0.1) is 18.6 Å². The van der Waals surface area contributed by atoms with E-state index >= 15 is 0 Å². The van der Waals surface area contributed by atoms with Crippen molar-refractivity contribution in [1.29, 1.82) is 0 Å². The van der Waals surface area contributed by atoms with E-state index < -0.39 is 5.41 Å². The lowest BCUT2D eigenvalue weighted by atomic mass is 9.73. The first kappa shape index (κ1) is 19.2. The van der Waals surface area contributed by atoms with Crippen molar-refractivity contribution in [2.45, 2.75) is 26.2 Å². The van der Waals surface area contributed by atoms with E-state index in [0.717, 1.165) is 44.5 Å². The number of hydrogen-bond donors (Lipinski definition) is 0. The van der Waals surface area contributed by atoms with Crippen molar-refractivity contribution in [3.63, 3.8) is 0 Å². The molecule has 1 saturated heterocycles. The molecule has 3 rings (SSSR count). The van der Waals surface area contributed by atoms with E-state index in [2.05, 4.69) is 28.9 Å². The second-order valence-electron chi connectivity index (χ2n) is 7.11. The molecule has 2 aromatic carbocycles. The quantitative estimate of drug-likeness (QED) is 0.597. The standard InChI is InChI=1S/C24H27NO2/c1-2-27-23(26)24(20-22-12-7-4-8-13-22)15-18-25(19-16-24)17-9-14-21-10-5-3-6-11-21/h3-8,10-13H,2,15-20H2,1H3. The van der Waals surface area contributed by atoms with E-state index in [4.69, 9.17) is 4.74 Å². The molecule has 0 radical (unpaired) electrons. The minimum absolute atomic E-state index is 0.0520. The van der Waals surface area contributed by atoms with Crippen molar-refractivity contribution in [2.24, 2.45) is 5.41 Å². The lowest BCUT2D eigenvalue weighted by Crippen LogP contribution is -2.46. The number of carbonyl (C=O) groups is 1. The zero-order valence-corrected chi connectivity index (χ0v) is 16.0. The summed E-state index contributed by atoms with van der Waals surface area (Å²) in [6.07, 6.45) is 2.37. The van der Waals surface area contributed by atoms with Gasteiger partial charge in [-0.15, -0.1) is 0 Å². The fourth-order valence-corrected chi connectivity index (χ4v) is 3.64. The maximum atomic E-state index is 12.8. The summed E-state index contributed by atoms with van der Waals surface area (Å²) in [7, 11) is 0. The Kier molecular flexibility index (Phi) is 6.68. The Hall–Kier alpha value is -2.57. The monoisotopic (exact) mass is 361 g/mol. The molecule has 1 aliphatic rings. The van der Waals surface area contributed by atoms with Crippen LogP contribution >= 0.6 is 0 Å². The van der Waals surface area contributed by atoms with Crippen LogP contribution in [0.4, 0.5) is 0 Å². The van der Waals surface area contributed by atoms with Gasteiger partial charge in [0.15, 0.2) is 0 Å². The zero-order chi connectivity index (χ0) is 19.0. The van der Waals surface area contributed by atoms with E-state index in [1.54, 1.807) is 0 Å². The van der Waals surface area contributed by atoms with Crippen LogP contribution in [-0.2, 0) is 16.0 Å². The van der Waals surface area contributed by atoms with Crippen LogP contribution in [-0.4, -0.2) is 37.1 Å². The molecule has 0 unspecified atom stereocenters. The number of benzene rings is 2. The van der Waals surface area contributed by atoms with Gasteiger partial charge in [-0.3, -0.25) is 9.69 Å². The Bertz CT molecular complexity index is 781. The molecule has 0 saturated carbocycles. The van der Waals surface area contributed by atoms with Crippen molar-refractivity contribution in [3.8, 4) is 11.8 Å². The van der Waals surface area contributed by atoms with Gasteiger partial charge in [0.2, 0.25) is 0 Å². The summed E-state index contributed by atoms with van der Waals surface area (Å²) in [6, 6.07) is 20.3. The molecule has 2 aromatic rings. The summed E-state index contributed by atoms with van der Waals surface area (Å²) in [5.41, 5.74) is 1.82. The minimum atomic E-state index is -0.416. The van der Waals surface area contributed by atoms with E-state index in [0.29, 0.717) is 6.61 Å². The average molecular weight is 361 g/mol. The molecule has 0 atom stereocenters. The molecule has 0 spiro atoms. The molecular weight excluding hydrogens is 334 g/mol. The maximum Gasteiger partial charge on any atom is 0.312 e. The molecule has 0 aliphatic carbocycles. The van der Waals surface area contributed by atoms with Crippen LogP contribution in [0.1, 0.15) is 30.9 Å². The van der Waals surface area contributed by atoms with Crippen LogP contribution in [0, 0.1) is 17.3 Å². The molecule has 3 nitrogen and oxygen atoms in total. The summed E-state index contributed by atoms with van der Waals surface area (Å²) in [5.74, 6) is 6.42. The molecule has 1 fully saturated rings. The lowest BCUT2D eigenvalue weighted by molar-refractivity contribution is -0.158. The second kappa shape index (κ2) is 9.39. The molecule has 0 amide bonds. The SMILES string of the molecule is CCOC(=O)C1(Cc2ccccc2)CCN(CC#Cc2ccccc2)CC1. The van der Waals surface area contributed by atoms with Gasteiger partial charge >= 0.3 is 5.97 Å². The molecular formula is C24H27NO2. The van der Waals surface area contributed by atoms with Crippen molar-refractivity contribution < 1.29 is 9.53 Å². The van der Waals surface area contributed by atoms with E-state index in [1.165, 1.54) is 5.56 Å². The highest BCUT2D eigenvalue weighted by atomic mass is 16.5. The first-order valence-electron chi connectivity index (χ1n) is 9.69. The lowest BCUT2D eigenvalue weighted by Gasteiger charge is -2.39. The fraction of sp³-hybridized carbons (Fsp3) is 0.375. The van der Waals surface area contributed by atoms with E-state index in [9.17, 15) is 4.79 Å². The highest BCUT2D eigenvalue weighted by Gasteiger charge is 2.42. The molecule has 0 aromatic heterocycles. The minimum Gasteiger partial charge on any atom is -0.466 e. The fourth-order valence-electron chi connectivity index (χ4n) is 3.64. The Balaban J connectivity index is 1.63. The Labute approximate surface area is 162 Å². The highest BCUT2D eigenvalue weighted by Crippen LogP contribution is 2.36. The Morgan fingerprint density at radius 2 is 1.67 bits per heavy atom. The average Bonchev–Trinajstić information content (AvgIpc) is 2.71. The van der Waals surface area contributed by atoms with Gasteiger partial charge in [-0.2, -0.15) is 0 Å². The smallest absolute Gasteiger partial charge is 0.312 e. The van der Waals surface area contributed by atoms with Gasteiger partial charge in [-0.05, 0) is 43.9 Å². The number of piperidine rings is 1. The van der Waals surface area contributed by atoms with Crippen LogP contribution in [0.15, 0.2) is 60.7 Å². The molecule has 1 heterocycles. The maximum absolute atomic E-state index is 12.8. The number of likely N-dealkylation sites (tertiary alicyclic amines) is 1. The van der Waals surface area contributed by atoms with Crippen LogP contribution in [0.3, 0.4) is 0 Å². The molecule has 0 N–H and O–H groups in total. The van der Waals surface area contributed by atoms with Gasteiger partial charge < -0.3 is 4.74 Å². The van der Waals surface area contributed by atoms with Crippen LogP contribution in [0.2, 0.25) is 0 Å². The van der Waals surface area contributed by atoms with Crippen molar-refractivity contribution in [1.82, 2.24) is 4.90 Å². The number of ether oxygens (including phenoxy) is 1. The second-order valence-corrected chi connectivity index (χ2v) is 7.11. The van der Waals surface area contributed by atoms with E-state index in [1.807, 2.05) is 55.5 Å². The molecule has 1 aliphatic heterocycles. The first-order valence-corrected chi connectivity index (χ1v) is 9.69. The van der Waals surface area contributed by atoms with E-state index in [-0.39, 0.29) is 5.97 Å². The van der Waals surface area contributed by atoms with Crippen LogP contribution in [0.25, 0.3) is 0 Å². The normalized spacial score (nSPS) is 16.2. The summed E-state index contributed by atoms with van der Waals surface area (Å²) < 4.78 is 5.45. The number of hydrogen-bond acceptors (Lipinski definition) is 3. The number of rotatable bonds is 5. The van der Waals surface area contributed by atoms with Gasteiger partial charge in [0.25, 0.3) is 0 Å². The summed E-state index contributed by atoms with van der Waals surface area (Å²) in [5, 5.41) is 0. The third-order valence-electron chi connectivity index (χ3n) is 5.22. The number of carbonyl (C=O) groups excluding carboxylic acids is 1. The summed E-state index contributed by atoms with van der Waals surface area (Å²) >= 11 is 0. The van der Waals surface area contributed by atoms with Gasteiger partial charge in [0, 0.05) is 18.7 Å². The van der Waals surface area contributed by atoms with Crippen molar-refractivity contribution in [2.75, 3.05) is 26.2 Å². The number of esters is 1. The predicted octanol–water partition coefficient (Wildman–Crippen LogP) is 3.93. The topological polar surface area (TPSA) is 29.5 Å². The third kappa shape index (κ3) is 5.21. The third-order valence-corrected chi connectivity index (χ3v) is 5.22. The van der Waals surface area contributed by atoms with Crippen molar-refractivity contribution >= 4 is 5.97 Å². The first-order chi connectivity index (χ1) is 13.2.